The lowest BCUT2D eigenvalue weighted by Gasteiger charge is -2.16. The molecule has 0 saturated carbocycles. The summed E-state index contributed by atoms with van der Waals surface area (Å²) < 4.78 is 5.84. The first-order valence-corrected chi connectivity index (χ1v) is 11.4. The molecule has 3 aromatic rings. The summed E-state index contributed by atoms with van der Waals surface area (Å²) in [5.41, 5.74) is 3.68. The van der Waals surface area contributed by atoms with Gasteiger partial charge in [0.2, 0.25) is 5.91 Å². The third-order valence-electron chi connectivity index (χ3n) is 5.45. The number of carbonyl (C=O) groups is 1. The molecule has 1 atom stereocenters. The number of benzene rings is 1. The summed E-state index contributed by atoms with van der Waals surface area (Å²) in [5, 5.41) is 8.80. The molecule has 0 saturated heterocycles. The zero-order valence-corrected chi connectivity index (χ0v) is 17.3. The number of nitrogens with zero attached hydrogens (tertiary/aromatic N) is 3. The van der Waals surface area contributed by atoms with Crippen LogP contribution in [0.1, 0.15) is 29.3 Å². The van der Waals surface area contributed by atoms with E-state index in [0.29, 0.717) is 16.9 Å². The molecular weight excluding hydrogens is 390 g/mol. The van der Waals surface area contributed by atoms with E-state index in [1.54, 1.807) is 11.3 Å². The van der Waals surface area contributed by atoms with E-state index in [1.165, 1.54) is 34.2 Å². The fraction of sp³-hybridized carbons (Fsp3) is 0.381. The Morgan fingerprint density at radius 1 is 1.29 bits per heavy atom. The van der Waals surface area contributed by atoms with Crippen LogP contribution in [0.4, 0.5) is 5.69 Å². The second kappa shape index (κ2) is 7.37. The minimum Gasteiger partial charge on any atom is -0.410 e. The normalized spacial score (nSPS) is 18.2. The number of para-hydroxylation sites is 1. The number of carbonyl (C=O) groups excluding carboxylic acids is 1. The van der Waals surface area contributed by atoms with Crippen molar-refractivity contribution >= 4 is 34.7 Å². The maximum absolute atomic E-state index is 12.6. The van der Waals surface area contributed by atoms with Crippen molar-refractivity contribution in [3.63, 3.8) is 0 Å². The van der Waals surface area contributed by atoms with Crippen LogP contribution in [0.5, 0.6) is 0 Å². The Bertz CT molecular complexity index is 1030. The van der Waals surface area contributed by atoms with Crippen LogP contribution in [0.25, 0.3) is 10.8 Å². The summed E-state index contributed by atoms with van der Waals surface area (Å²) in [6, 6.07) is 10.3. The van der Waals surface area contributed by atoms with Crippen LogP contribution in [0.15, 0.2) is 40.0 Å². The molecule has 5 nitrogen and oxygen atoms in total. The Balaban J connectivity index is 1.25. The van der Waals surface area contributed by atoms with Gasteiger partial charge >= 0.3 is 0 Å². The first-order valence-electron chi connectivity index (χ1n) is 9.64. The van der Waals surface area contributed by atoms with Crippen LogP contribution >= 0.6 is 23.1 Å². The highest BCUT2D eigenvalue weighted by Gasteiger charge is 2.25. The molecule has 0 spiro atoms. The van der Waals surface area contributed by atoms with E-state index < -0.39 is 0 Å². The summed E-state index contributed by atoms with van der Waals surface area (Å²) in [6.07, 6.45) is 4.44. The standard InChI is InChI=1S/C21H21N3O2S2/c1-13-6-7-17-15(10-13)11-18(28-17)20-22-23-21(26-20)27-12-19(25)24-9-8-14-4-2-3-5-16(14)24/h2-5,11,13H,6-10,12H2,1H3/t13-/m0/s1. The Hall–Kier alpha value is -2.12. The van der Waals surface area contributed by atoms with Crippen LogP contribution in [0, 0.1) is 5.92 Å². The van der Waals surface area contributed by atoms with E-state index >= 15 is 0 Å². The number of thioether (sulfide) groups is 1. The van der Waals surface area contributed by atoms with Gasteiger partial charge in [0, 0.05) is 17.1 Å². The predicted molar refractivity (Wildman–Crippen MR) is 112 cm³/mol. The van der Waals surface area contributed by atoms with Crippen LogP contribution < -0.4 is 4.90 Å². The SMILES string of the molecule is C[C@H]1CCc2sc(-c3nnc(SCC(=O)N4CCc5ccccc54)o3)cc2C1. The van der Waals surface area contributed by atoms with Crippen LogP contribution in [-0.2, 0) is 24.1 Å². The van der Waals surface area contributed by atoms with Crippen LogP contribution in [0.2, 0.25) is 0 Å². The fourth-order valence-electron chi connectivity index (χ4n) is 3.98. The van der Waals surface area contributed by atoms with E-state index in [1.807, 2.05) is 23.1 Å². The molecule has 0 N–H and O–H groups in total. The monoisotopic (exact) mass is 411 g/mol. The molecule has 0 unspecified atom stereocenters. The second-order valence-corrected chi connectivity index (χ2v) is 9.56. The van der Waals surface area contributed by atoms with Crippen molar-refractivity contribution in [2.75, 3.05) is 17.2 Å². The minimum absolute atomic E-state index is 0.0790. The fourth-order valence-corrected chi connectivity index (χ4v) is 5.75. The molecule has 0 radical (unpaired) electrons. The molecule has 7 heteroatoms. The lowest BCUT2D eigenvalue weighted by Crippen LogP contribution is -2.30. The Morgan fingerprint density at radius 3 is 3.11 bits per heavy atom. The average Bonchev–Trinajstić information content (AvgIpc) is 3.43. The Labute approximate surface area is 172 Å². The van der Waals surface area contributed by atoms with Crippen molar-refractivity contribution in [2.24, 2.45) is 5.92 Å². The molecule has 1 aromatic carbocycles. The van der Waals surface area contributed by atoms with Gasteiger partial charge in [0.05, 0.1) is 10.6 Å². The van der Waals surface area contributed by atoms with Gasteiger partial charge in [-0.2, -0.15) is 0 Å². The number of hydrogen-bond donors (Lipinski definition) is 0. The number of thiophene rings is 1. The lowest BCUT2D eigenvalue weighted by molar-refractivity contribution is -0.116. The summed E-state index contributed by atoms with van der Waals surface area (Å²) in [5.74, 6) is 1.68. The van der Waals surface area contributed by atoms with Crippen molar-refractivity contribution in [1.29, 1.82) is 0 Å². The molecule has 1 aliphatic heterocycles. The quantitative estimate of drug-likeness (QED) is 0.587. The van der Waals surface area contributed by atoms with Crippen molar-refractivity contribution in [3.8, 4) is 10.8 Å². The van der Waals surface area contributed by atoms with Gasteiger partial charge in [-0.05, 0) is 54.9 Å². The van der Waals surface area contributed by atoms with E-state index in [0.717, 1.165) is 42.3 Å². The van der Waals surface area contributed by atoms with Crippen molar-refractivity contribution < 1.29 is 9.21 Å². The van der Waals surface area contributed by atoms with Gasteiger partial charge in [0.25, 0.3) is 11.1 Å². The summed E-state index contributed by atoms with van der Waals surface area (Å²) >= 11 is 3.07. The summed E-state index contributed by atoms with van der Waals surface area (Å²) in [7, 11) is 0. The van der Waals surface area contributed by atoms with Gasteiger partial charge in [0.1, 0.15) is 0 Å². The number of hydrogen-bond acceptors (Lipinski definition) is 6. The zero-order valence-electron chi connectivity index (χ0n) is 15.7. The molecule has 144 valence electrons. The molecule has 3 heterocycles. The predicted octanol–water partition coefficient (Wildman–Crippen LogP) is 4.60. The third-order valence-corrected chi connectivity index (χ3v) is 7.48. The molecule has 5 rings (SSSR count). The molecule has 0 bridgehead atoms. The highest BCUT2D eigenvalue weighted by Crippen LogP contribution is 2.37. The molecular formula is C21H21N3O2S2. The number of fused-ring (bicyclic) bond motifs is 2. The minimum atomic E-state index is 0.0790. The van der Waals surface area contributed by atoms with E-state index in [9.17, 15) is 4.79 Å². The van der Waals surface area contributed by atoms with Gasteiger partial charge in [-0.15, -0.1) is 21.5 Å². The van der Waals surface area contributed by atoms with E-state index in [2.05, 4.69) is 29.3 Å². The van der Waals surface area contributed by atoms with Crippen molar-refractivity contribution in [3.05, 3.63) is 46.3 Å². The Kier molecular flexibility index (Phi) is 4.72. The first-order chi connectivity index (χ1) is 13.7. The molecule has 2 aliphatic rings. The maximum Gasteiger partial charge on any atom is 0.277 e. The number of anilines is 1. The summed E-state index contributed by atoms with van der Waals surface area (Å²) in [4.78, 5) is 17.0. The highest BCUT2D eigenvalue weighted by atomic mass is 32.2. The Morgan fingerprint density at radius 2 is 2.18 bits per heavy atom. The first kappa shape index (κ1) is 17.9. The number of aromatic nitrogens is 2. The van der Waals surface area contributed by atoms with Crippen LogP contribution in [-0.4, -0.2) is 28.4 Å². The second-order valence-electron chi connectivity index (χ2n) is 7.49. The van der Waals surface area contributed by atoms with Gasteiger partial charge in [-0.3, -0.25) is 4.79 Å². The van der Waals surface area contributed by atoms with Gasteiger partial charge < -0.3 is 9.32 Å². The van der Waals surface area contributed by atoms with E-state index in [-0.39, 0.29) is 5.91 Å². The molecule has 28 heavy (non-hydrogen) atoms. The van der Waals surface area contributed by atoms with Crippen molar-refractivity contribution in [2.45, 2.75) is 37.8 Å². The molecule has 2 aromatic heterocycles. The number of rotatable bonds is 4. The van der Waals surface area contributed by atoms with Gasteiger partial charge in [-0.1, -0.05) is 36.9 Å². The average molecular weight is 412 g/mol. The van der Waals surface area contributed by atoms with Gasteiger partial charge in [0.15, 0.2) is 0 Å². The van der Waals surface area contributed by atoms with Crippen molar-refractivity contribution in [1.82, 2.24) is 10.2 Å². The smallest absolute Gasteiger partial charge is 0.277 e. The van der Waals surface area contributed by atoms with Crippen LogP contribution in [0.3, 0.4) is 0 Å². The number of aryl methyl sites for hydroxylation is 1. The molecule has 1 aliphatic carbocycles. The van der Waals surface area contributed by atoms with E-state index in [4.69, 9.17) is 4.42 Å². The zero-order chi connectivity index (χ0) is 19.1. The summed E-state index contributed by atoms with van der Waals surface area (Å²) in [6.45, 7) is 3.05. The van der Waals surface area contributed by atoms with Gasteiger partial charge in [-0.25, -0.2) is 0 Å². The molecule has 0 fully saturated rings. The topological polar surface area (TPSA) is 59.2 Å². The number of amides is 1. The maximum atomic E-state index is 12.6. The molecule has 1 amide bonds. The lowest BCUT2D eigenvalue weighted by atomic mass is 9.90. The highest BCUT2D eigenvalue weighted by molar-refractivity contribution is 7.99. The largest absolute Gasteiger partial charge is 0.410 e. The third kappa shape index (κ3) is 3.37.